The van der Waals surface area contributed by atoms with Crippen molar-refractivity contribution in [1.82, 2.24) is 25.0 Å². The van der Waals surface area contributed by atoms with Gasteiger partial charge in [0.1, 0.15) is 12.3 Å². The third-order valence-corrected chi connectivity index (χ3v) is 2.98. The van der Waals surface area contributed by atoms with Crippen LogP contribution >= 0.6 is 11.6 Å². The molecule has 0 amide bonds. The second-order valence-electron chi connectivity index (χ2n) is 4.42. The van der Waals surface area contributed by atoms with E-state index in [1.54, 1.807) is 35.4 Å². The van der Waals surface area contributed by atoms with Crippen LogP contribution in [0.5, 0.6) is 5.88 Å². The first-order valence-corrected chi connectivity index (χ1v) is 6.67. The highest BCUT2D eigenvalue weighted by atomic mass is 35.5. The lowest BCUT2D eigenvalue weighted by Gasteiger charge is -2.02. The van der Waals surface area contributed by atoms with Crippen LogP contribution in [0.1, 0.15) is 11.4 Å². The molecule has 0 unspecified atom stereocenters. The minimum Gasteiger partial charge on any atom is -0.470 e. The number of aryl methyl sites for hydroxylation is 1. The minimum atomic E-state index is 0.283. The summed E-state index contributed by atoms with van der Waals surface area (Å²) in [6.07, 6.45) is 5.03. The quantitative estimate of drug-likeness (QED) is 0.741. The number of hydrogen-bond donors (Lipinski definition) is 0. The molecule has 0 bridgehead atoms. The van der Waals surface area contributed by atoms with Crippen LogP contribution in [0.15, 0.2) is 42.9 Å². The summed E-state index contributed by atoms with van der Waals surface area (Å²) in [5, 5.41) is 8.79. The minimum absolute atomic E-state index is 0.283. The molecular weight excluding hydrogens is 290 g/mol. The van der Waals surface area contributed by atoms with E-state index in [9.17, 15) is 0 Å². The standard InChI is InChI=1S/C14H12ClN5O/c1-10-6-16-7-14(17-10)21-9-12-8-20(19-18-12)13-4-2-11(15)3-5-13/h2-8H,9H2,1H3. The van der Waals surface area contributed by atoms with E-state index in [1.807, 2.05) is 19.1 Å². The number of nitrogens with zero attached hydrogens (tertiary/aromatic N) is 5. The van der Waals surface area contributed by atoms with Crippen molar-refractivity contribution in [2.75, 3.05) is 0 Å². The summed E-state index contributed by atoms with van der Waals surface area (Å²) in [7, 11) is 0. The SMILES string of the molecule is Cc1cncc(OCc2cn(-c3ccc(Cl)cc3)nn2)n1. The topological polar surface area (TPSA) is 65.7 Å². The summed E-state index contributed by atoms with van der Waals surface area (Å²) < 4.78 is 7.19. The summed E-state index contributed by atoms with van der Waals surface area (Å²) in [5.74, 6) is 0.469. The lowest BCUT2D eigenvalue weighted by molar-refractivity contribution is 0.287. The van der Waals surface area contributed by atoms with Gasteiger partial charge in [-0.2, -0.15) is 0 Å². The molecule has 7 heteroatoms. The highest BCUT2D eigenvalue weighted by Crippen LogP contribution is 2.13. The fraction of sp³-hybridized carbons (Fsp3) is 0.143. The van der Waals surface area contributed by atoms with E-state index in [0.717, 1.165) is 11.4 Å². The van der Waals surface area contributed by atoms with Crippen LogP contribution in [-0.4, -0.2) is 25.0 Å². The maximum Gasteiger partial charge on any atom is 0.232 e. The number of halogens is 1. The molecule has 2 heterocycles. The summed E-state index contributed by atoms with van der Waals surface area (Å²) in [5.41, 5.74) is 2.39. The Kier molecular flexibility index (Phi) is 3.79. The summed E-state index contributed by atoms with van der Waals surface area (Å²) in [4.78, 5) is 8.22. The molecule has 3 aromatic rings. The Labute approximate surface area is 126 Å². The Hall–Kier alpha value is -2.47. The highest BCUT2D eigenvalue weighted by molar-refractivity contribution is 6.30. The van der Waals surface area contributed by atoms with Gasteiger partial charge in [-0.15, -0.1) is 5.10 Å². The van der Waals surface area contributed by atoms with Gasteiger partial charge in [0.2, 0.25) is 5.88 Å². The Morgan fingerprint density at radius 2 is 2.00 bits per heavy atom. The van der Waals surface area contributed by atoms with E-state index in [2.05, 4.69) is 20.3 Å². The first-order chi connectivity index (χ1) is 10.2. The Morgan fingerprint density at radius 3 is 2.76 bits per heavy atom. The van der Waals surface area contributed by atoms with Crippen molar-refractivity contribution >= 4 is 11.6 Å². The fourth-order valence-electron chi connectivity index (χ4n) is 1.74. The number of hydrogen-bond acceptors (Lipinski definition) is 5. The van der Waals surface area contributed by atoms with Gasteiger partial charge in [0.05, 0.1) is 23.8 Å². The van der Waals surface area contributed by atoms with Gasteiger partial charge in [-0.25, -0.2) is 9.67 Å². The molecule has 0 N–H and O–H groups in total. The van der Waals surface area contributed by atoms with E-state index in [0.29, 0.717) is 16.6 Å². The van der Waals surface area contributed by atoms with Gasteiger partial charge in [-0.3, -0.25) is 4.98 Å². The molecule has 0 spiro atoms. The number of ether oxygens (including phenoxy) is 1. The van der Waals surface area contributed by atoms with Crippen LogP contribution in [0.25, 0.3) is 5.69 Å². The lowest BCUT2D eigenvalue weighted by atomic mass is 10.3. The maximum atomic E-state index is 5.86. The molecule has 1 aromatic carbocycles. The normalized spacial score (nSPS) is 10.6. The van der Waals surface area contributed by atoms with E-state index in [-0.39, 0.29) is 6.61 Å². The van der Waals surface area contributed by atoms with E-state index >= 15 is 0 Å². The van der Waals surface area contributed by atoms with Crippen molar-refractivity contribution in [1.29, 1.82) is 0 Å². The molecule has 6 nitrogen and oxygen atoms in total. The molecule has 0 aliphatic heterocycles. The molecule has 21 heavy (non-hydrogen) atoms. The number of aromatic nitrogens is 5. The van der Waals surface area contributed by atoms with Crippen LogP contribution < -0.4 is 4.74 Å². The van der Waals surface area contributed by atoms with Crippen LogP contribution in [0.2, 0.25) is 5.02 Å². The average molecular weight is 302 g/mol. The third-order valence-electron chi connectivity index (χ3n) is 2.73. The van der Waals surface area contributed by atoms with Crippen molar-refractivity contribution in [2.45, 2.75) is 13.5 Å². The summed E-state index contributed by atoms with van der Waals surface area (Å²) >= 11 is 5.86. The second-order valence-corrected chi connectivity index (χ2v) is 4.85. The maximum absolute atomic E-state index is 5.86. The first-order valence-electron chi connectivity index (χ1n) is 6.29. The molecule has 0 aliphatic carbocycles. The molecule has 0 aliphatic rings. The number of benzene rings is 1. The van der Waals surface area contributed by atoms with Gasteiger partial charge in [-0.1, -0.05) is 16.8 Å². The van der Waals surface area contributed by atoms with E-state index < -0.39 is 0 Å². The largest absolute Gasteiger partial charge is 0.470 e. The summed E-state index contributed by atoms with van der Waals surface area (Å²) in [6.45, 7) is 2.14. The van der Waals surface area contributed by atoms with Gasteiger partial charge >= 0.3 is 0 Å². The van der Waals surface area contributed by atoms with Crippen molar-refractivity contribution in [3.05, 3.63) is 59.3 Å². The monoisotopic (exact) mass is 301 g/mol. The Balaban J connectivity index is 1.69. The zero-order valence-corrected chi connectivity index (χ0v) is 12.0. The molecule has 0 fully saturated rings. The summed E-state index contributed by atoms with van der Waals surface area (Å²) in [6, 6.07) is 7.34. The second kappa shape index (κ2) is 5.88. The van der Waals surface area contributed by atoms with Crippen LogP contribution in [-0.2, 0) is 6.61 Å². The first kappa shape index (κ1) is 13.5. The lowest BCUT2D eigenvalue weighted by Crippen LogP contribution is -1.99. The molecule has 106 valence electrons. The van der Waals surface area contributed by atoms with Gasteiger partial charge in [0.25, 0.3) is 0 Å². The van der Waals surface area contributed by atoms with Crippen molar-refractivity contribution in [3.63, 3.8) is 0 Å². The number of rotatable bonds is 4. The predicted molar refractivity (Wildman–Crippen MR) is 77.5 cm³/mol. The molecule has 0 radical (unpaired) electrons. The van der Waals surface area contributed by atoms with Gasteiger partial charge < -0.3 is 4.74 Å². The molecule has 3 rings (SSSR count). The third kappa shape index (κ3) is 3.35. The fourth-order valence-corrected chi connectivity index (χ4v) is 1.87. The molecule has 0 saturated carbocycles. The molecule has 2 aromatic heterocycles. The smallest absolute Gasteiger partial charge is 0.232 e. The van der Waals surface area contributed by atoms with Crippen molar-refractivity contribution < 1.29 is 4.74 Å². The van der Waals surface area contributed by atoms with Crippen molar-refractivity contribution in [2.24, 2.45) is 0 Å². The zero-order valence-electron chi connectivity index (χ0n) is 11.3. The van der Waals surface area contributed by atoms with Crippen molar-refractivity contribution in [3.8, 4) is 11.6 Å². The highest BCUT2D eigenvalue weighted by Gasteiger charge is 2.05. The molecule has 0 saturated heterocycles. The predicted octanol–water partition coefficient (Wildman–Crippen LogP) is 2.60. The van der Waals surface area contributed by atoms with E-state index in [4.69, 9.17) is 16.3 Å². The Bertz CT molecular complexity index is 741. The Morgan fingerprint density at radius 1 is 1.19 bits per heavy atom. The van der Waals surface area contributed by atoms with E-state index in [1.165, 1.54) is 0 Å². The van der Waals surface area contributed by atoms with Gasteiger partial charge in [-0.05, 0) is 31.2 Å². The van der Waals surface area contributed by atoms with Crippen LogP contribution in [0, 0.1) is 6.92 Å². The van der Waals surface area contributed by atoms with Gasteiger partial charge in [0, 0.05) is 11.2 Å². The zero-order chi connectivity index (χ0) is 14.7. The molecular formula is C14H12ClN5O. The average Bonchev–Trinajstić information content (AvgIpc) is 2.95. The van der Waals surface area contributed by atoms with Crippen LogP contribution in [0.3, 0.4) is 0 Å². The molecule has 0 atom stereocenters. The van der Waals surface area contributed by atoms with Gasteiger partial charge in [0.15, 0.2) is 0 Å². The van der Waals surface area contributed by atoms with Crippen LogP contribution in [0.4, 0.5) is 0 Å².